The topological polar surface area (TPSA) is 76.4 Å². The molecule has 0 N–H and O–H groups in total. The highest BCUT2D eigenvalue weighted by atomic mass is 79.9. The number of carbonyl (C=O) groups is 2. The summed E-state index contributed by atoms with van der Waals surface area (Å²) in [7, 11) is 0. The number of halogens is 4. The summed E-state index contributed by atoms with van der Waals surface area (Å²) in [6, 6.07) is 17.4. The molecule has 1 fully saturated rings. The van der Waals surface area contributed by atoms with E-state index in [0.29, 0.717) is 17.1 Å². The summed E-state index contributed by atoms with van der Waals surface area (Å²) >= 11 is 2.66. The van der Waals surface area contributed by atoms with Crippen molar-refractivity contribution < 1.29 is 32.2 Å². The van der Waals surface area contributed by atoms with Crippen LogP contribution in [-0.2, 0) is 14.3 Å². The van der Waals surface area contributed by atoms with E-state index in [1.54, 1.807) is 50.2 Å². The summed E-state index contributed by atoms with van der Waals surface area (Å²) in [4.78, 5) is 24.1. The van der Waals surface area contributed by atoms with Gasteiger partial charge in [-0.15, -0.1) is 0 Å². The largest absolute Gasteiger partial charge is 0.457 e. The third-order valence-corrected chi connectivity index (χ3v) is 6.08. The maximum absolute atomic E-state index is 12.7. The Morgan fingerprint density at radius 1 is 1.12 bits per heavy atom. The standard InChI is InChI=1S/C24H19BrF3NO4/c1-23(2)17(12-18(25)21(30)24(26,27)28)20(23)22(31)33-19(13-29)14-7-6-10-16(11-14)32-15-8-4-3-5-9-15/h3-12,17,19-20H,1-2H3/b18-12-. The van der Waals surface area contributed by atoms with E-state index >= 15 is 0 Å². The van der Waals surface area contributed by atoms with E-state index in [9.17, 15) is 28.0 Å². The zero-order chi connectivity index (χ0) is 24.4. The van der Waals surface area contributed by atoms with Crippen LogP contribution in [0.4, 0.5) is 13.2 Å². The van der Waals surface area contributed by atoms with Gasteiger partial charge in [-0.25, -0.2) is 0 Å². The van der Waals surface area contributed by atoms with E-state index in [-0.39, 0.29) is 0 Å². The van der Waals surface area contributed by atoms with Gasteiger partial charge in [0.1, 0.15) is 17.6 Å². The molecule has 0 radical (unpaired) electrons. The molecule has 0 heterocycles. The Bertz CT molecular complexity index is 1120. The molecule has 2 aromatic carbocycles. The molecule has 1 saturated carbocycles. The minimum atomic E-state index is -5.02. The van der Waals surface area contributed by atoms with Crippen LogP contribution in [-0.4, -0.2) is 17.9 Å². The van der Waals surface area contributed by atoms with Crippen molar-refractivity contribution in [1.29, 1.82) is 5.26 Å². The molecule has 3 unspecified atom stereocenters. The van der Waals surface area contributed by atoms with Crippen LogP contribution >= 0.6 is 15.9 Å². The number of nitrogens with zero attached hydrogens (tertiary/aromatic N) is 1. The quantitative estimate of drug-likeness (QED) is 0.317. The number of hydrogen-bond acceptors (Lipinski definition) is 5. The minimum absolute atomic E-state index is 0.387. The van der Waals surface area contributed by atoms with Gasteiger partial charge < -0.3 is 9.47 Å². The number of esters is 1. The van der Waals surface area contributed by atoms with Gasteiger partial charge in [-0.3, -0.25) is 9.59 Å². The molecule has 33 heavy (non-hydrogen) atoms. The fourth-order valence-electron chi connectivity index (χ4n) is 3.53. The van der Waals surface area contributed by atoms with E-state index < -0.39 is 45.8 Å². The maximum atomic E-state index is 12.7. The molecule has 9 heteroatoms. The maximum Gasteiger partial charge on any atom is 0.455 e. The summed E-state index contributed by atoms with van der Waals surface area (Å²) in [6.07, 6.45) is -5.18. The third-order valence-electron chi connectivity index (χ3n) is 5.46. The van der Waals surface area contributed by atoms with Crippen molar-refractivity contribution in [2.24, 2.45) is 17.3 Å². The normalized spacial score (nSPS) is 20.3. The second-order valence-corrected chi connectivity index (χ2v) is 8.95. The number of ether oxygens (including phenoxy) is 2. The third kappa shape index (κ3) is 5.63. The first-order valence-electron chi connectivity index (χ1n) is 9.87. The molecule has 0 spiro atoms. The lowest BCUT2D eigenvalue weighted by Crippen LogP contribution is -2.22. The van der Waals surface area contributed by atoms with Crippen molar-refractivity contribution in [2.75, 3.05) is 0 Å². The molecule has 0 aromatic heterocycles. The van der Waals surface area contributed by atoms with Crippen molar-refractivity contribution in [3.63, 3.8) is 0 Å². The van der Waals surface area contributed by atoms with Crippen LogP contribution in [0.1, 0.15) is 25.5 Å². The smallest absolute Gasteiger partial charge is 0.455 e. The van der Waals surface area contributed by atoms with Crippen molar-refractivity contribution >= 4 is 27.7 Å². The Morgan fingerprint density at radius 2 is 1.76 bits per heavy atom. The predicted molar refractivity (Wildman–Crippen MR) is 116 cm³/mol. The zero-order valence-corrected chi connectivity index (χ0v) is 19.2. The highest BCUT2D eigenvalue weighted by Gasteiger charge is 2.62. The molecule has 0 bridgehead atoms. The average Bonchev–Trinajstić information content (AvgIpc) is 3.31. The van der Waals surface area contributed by atoms with Gasteiger partial charge >= 0.3 is 12.1 Å². The summed E-state index contributed by atoms with van der Waals surface area (Å²) in [5.74, 6) is -3.18. The summed E-state index contributed by atoms with van der Waals surface area (Å²) in [5, 5.41) is 9.56. The fraction of sp³-hybridized carbons (Fsp3) is 0.292. The molecular formula is C24H19BrF3NO4. The number of allylic oxidation sites excluding steroid dienone is 2. The number of carbonyl (C=O) groups excluding carboxylic acids is 2. The molecule has 3 atom stereocenters. The van der Waals surface area contributed by atoms with Gasteiger partial charge in [0, 0.05) is 5.56 Å². The highest BCUT2D eigenvalue weighted by molar-refractivity contribution is 9.12. The molecule has 0 saturated heterocycles. The number of Topliss-reactive ketones (excluding diaryl/α,β-unsaturated/α-hetero) is 1. The van der Waals surface area contributed by atoms with Crippen LogP contribution in [0.3, 0.4) is 0 Å². The van der Waals surface area contributed by atoms with Crippen LogP contribution in [0.2, 0.25) is 0 Å². The molecule has 1 aliphatic rings. The molecule has 0 aliphatic heterocycles. The van der Waals surface area contributed by atoms with Gasteiger partial charge in [0.2, 0.25) is 6.10 Å². The van der Waals surface area contributed by atoms with E-state index in [0.717, 1.165) is 6.08 Å². The first-order valence-corrected chi connectivity index (χ1v) is 10.7. The lowest BCUT2D eigenvalue weighted by atomic mass is 10.1. The Morgan fingerprint density at radius 3 is 2.36 bits per heavy atom. The Balaban J connectivity index is 1.72. The predicted octanol–water partition coefficient (Wildman–Crippen LogP) is 6.27. The summed E-state index contributed by atoms with van der Waals surface area (Å²) in [5.41, 5.74) is -0.349. The first kappa shape index (κ1) is 24.5. The van der Waals surface area contributed by atoms with Gasteiger partial charge in [-0.05, 0) is 51.5 Å². The van der Waals surface area contributed by atoms with Crippen LogP contribution < -0.4 is 4.74 Å². The lowest BCUT2D eigenvalue weighted by molar-refractivity contribution is -0.165. The number of rotatable bonds is 7. The zero-order valence-electron chi connectivity index (χ0n) is 17.6. The van der Waals surface area contributed by atoms with E-state index in [4.69, 9.17) is 9.47 Å². The lowest BCUT2D eigenvalue weighted by Gasteiger charge is -2.13. The number of ketones is 1. The van der Waals surface area contributed by atoms with E-state index in [2.05, 4.69) is 15.9 Å². The molecule has 0 amide bonds. The van der Waals surface area contributed by atoms with Crippen LogP contribution in [0, 0.1) is 28.6 Å². The number of nitriles is 1. The van der Waals surface area contributed by atoms with Crippen molar-refractivity contribution in [2.45, 2.75) is 26.1 Å². The SMILES string of the molecule is CC1(C)C(/C=C(\Br)C(=O)C(F)(F)F)C1C(=O)OC(C#N)c1cccc(Oc2ccccc2)c1. The molecule has 1 aliphatic carbocycles. The second kappa shape index (κ2) is 9.40. The van der Waals surface area contributed by atoms with E-state index in [1.807, 2.05) is 24.3 Å². The van der Waals surface area contributed by atoms with Gasteiger partial charge in [-0.2, -0.15) is 18.4 Å². The molecular weight excluding hydrogens is 503 g/mol. The van der Waals surface area contributed by atoms with Crippen molar-refractivity contribution in [3.8, 4) is 17.6 Å². The van der Waals surface area contributed by atoms with Crippen molar-refractivity contribution in [3.05, 3.63) is 70.7 Å². The van der Waals surface area contributed by atoms with Gasteiger partial charge in [-0.1, -0.05) is 50.3 Å². The summed E-state index contributed by atoms with van der Waals surface area (Å²) < 4.78 is 48.4. The summed E-state index contributed by atoms with van der Waals surface area (Å²) in [6.45, 7) is 3.35. The number of alkyl halides is 3. The Labute approximate surface area is 196 Å². The number of benzene rings is 2. The molecule has 2 aromatic rings. The van der Waals surface area contributed by atoms with Crippen LogP contribution in [0.15, 0.2) is 65.2 Å². The molecule has 5 nitrogen and oxygen atoms in total. The first-order chi connectivity index (χ1) is 15.4. The van der Waals surface area contributed by atoms with Crippen LogP contribution in [0.25, 0.3) is 0 Å². The van der Waals surface area contributed by atoms with Gasteiger partial charge in [0.15, 0.2) is 0 Å². The Kier molecular flexibility index (Phi) is 6.98. The second-order valence-electron chi connectivity index (χ2n) is 8.10. The van der Waals surface area contributed by atoms with Gasteiger partial charge in [0.05, 0.1) is 10.4 Å². The average molecular weight is 522 g/mol. The van der Waals surface area contributed by atoms with Gasteiger partial charge in [0.25, 0.3) is 5.78 Å². The Hall–Kier alpha value is -3.12. The number of hydrogen-bond donors (Lipinski definition) is 0. The van der Waals surface area contributed by atoms with E-state index in [1.165, 1.54) is 0 Å². The molecule has 172 valence electrons. The molecule has 3 rings (SSSR count). The number of para-hydroxylation sites is 1. The van der Waals surface area contributed by atoms with Crippen molar-refractivity contribution in [1.82, 2.24) is 0 Å². The highest BCUT2D eigenvalue weighted by Crippen LogP contribution is 2.60. The minimum Gasteiger partial charge on any atom is -0.457 e. The monoisotopic (exact) mass is 521 g/mol. The van der Waals surface area contributed by atoms with Crippen LogP contribution in [0.5, 0.6) is 11.5 Å². The fourth-order valence-corrected chi connectivity index (χ4v) is 4.04.